The van der Waals surface area contributed by atoms with E-state index >= 15 is 0 Å². The summed E-state index contributed by atoms with van der Waals surface area (Å²) < 4.78 is 0. The van der Waals surface area contributed by atoms with E-state index in [1.807, 2.05) is 0 Å². The van der Waals surface area contributed by atoms with Crippen molar-refractivity contribution in [2.75, 3.05) is 24.3 Å². The molecule has 2 aromatic carbocycles. The van der Waals surface area contributed by atoms with Crippen molar-refractivity contribution in [3.63, 3.8) is 0 Å². The van der Waals surface area contributed by atoms with E-state index in [1.165, 1.54) is 28.1 Å². The lowest BCUT2D eigenvalue weighted by atomic mass is 10.1. The van der Waals surface area contributed by atoms with Gasteiger partial charge in [-0.3, -0.25) is 0 Å². The molecule has 0 fully saturated rings. The number of nitrogens with one attached hydrogen (secondary N) is 1. The molecule has 0 saturated carbocycles. The van der Waals surface area contributed by atoms with E-state index in [0.717, 1.165) is 12.8 Å². The minimum atomic E-state index is 0.519. The maximum absolute atomic E-state index is 3.68. The molecule has 0 saturated heterocycles. The van der Waals surface area contributed by atoms with Gasteiger partial charge >= 0.3 is 0 Å². The molecule has 0 aliphatic heterocycles. The molecule has 1 aliphatic rings. The van der Waals surface area contributed by atoms with Gasteiger partial charge in [-0.15, -0.1) is 0 Å². The Balaban J connectivity index is 1.75. The fourth-order valence-corrected chi connectivity index (χ4v) is 3.08. The van der Waals surface area contributed by atoms with Crippen molar-refractivity contribution in [1.82, 2.24) is 0 Å². The van der Waals surface area contributed by atoms with Crippen molar-refractivity contribution in [2.45, 2.75) is 25.8 Å². The first-order valence-electron chi connectivity index (χ1n) is 7.25. The molecule has 1 N–H and O–H groups in total. The second-order valence-electron chi connectivity index (χ2n) is 5.91. The molecule has 0 heterocycles. The first-order valence-corrected chi connectivity index (χ1v) is 7.25. The number of fused-ring (bicyclic) bond motifs is 1. The Morgan fingerprint density at radius 2 is 1.65 bits per heavy atom. The molecule has 0 bridgehead atoms. The molecule has 0 amide bonds. The highest BCUT2D eigenvalue weighted by Gasteiger charge is 2.20. The van der Waals surface area contributed by atoms with Crippen LogP contribution in [0.3, 0.4) is 0 Å². The smallest absolute Gasteiger partial charge is 0.0411 e. The zero-order chi connectivity index (χ0) is 14.1. The lowest BCUT2D eigenvalue weighted by Crippen LogP contribution is -2.20. The Bertz CT molecular complexity index is 592. The second-order valence-corrected chi connectivity index (χ2v) is 5.91. The van der Waals surface area contributed by atoms with Crippen LogP contribution in [-0.4, -0.2) is 20.1 Å². The summed E-state index contributed by atoms with van der Waals surface area (Å²) in [5.74, 6) is 0. The Hall–Kier alpha value is -1.96. The maximum Gasteiger partial charge on any atom is 0.0411 e. The molecule has 0 spiro atoms. The zero-order valence-electron chi connectivity index (χ0n) is 12.5. The van der Waals surface area contributed by atoms with Gasteiger partial charge in [0.15, 0.2) is 0 Å². The normalized spacial score (nSPS) is 14.2. The van der Waals surface area contributed by atoms with Crippen LogP contribution < -0.4 is 10.2 Å². The summed E-state index contributed by atoms with van der Waals surface area (Å²) >= 11 is 0. The number of hydrogen-bond donors (Lipinski definition) is 1. The number of rotatable bonds is 3. The molecule has 3 rings (SSSR count). The summed E-state index contributed by atoms with van der Waals surface area (Å²) in [7, 11) is 4.19. The van der Waals surface area contributed by atoms with Gasteiger partial charge in [0, 0.05) is 31.5 Å². The molecule has 2 aromatic rings. The van der Waals surface area contributed by atoms with Crippen molar-refractivity contribution in [2.24, 2.45) is 0 Å². The average molecular weight is 266 g/mol. The fraction of sp³-hybridized carbons (Fsp3) is 0.333. The Morgan fingerprint density at radius 1 is 1.00 bits per heavy atom. The monoisotopic (exact) mass is 266 g/mol. The van der Waals surface area contributed by atoms with Crippen molar-refractivity contribution in [3.8, 4) is 0 Å². The highest BCUT2D eigenvalue weighted by molar-refractivity contribution is 5.62. The van der Waals surface area contributed by atoms with Gasteiger partial charge in [-0.2, -0.15) is 0 Å². The van der Waals surface area contributed by atoms with Gasteiger partial charge in [0.1, 0.15) is 0 Å². The molecule has 0 atom stereocenters. The Morgan fingerprint density at radius 3 is 2.25 bits per heavy atom. The minimum absolute atomic E-state index is 0.519. The van der Waals surface area contributed by atoms with Crippen LogP contribution in [0, 0.1) is 6.92 Å². The molecular formula is C18H22N2. The number of nitrogens with zero attached hydrogens (tertiary/aromatic N) is 1. The summed E-state index contributed by atoms with van der Waals surface area (Å²) in [6, 6.07) is 15.9. The zero-order valence-corrected chi connectivity index (χ0v) is 12.5. The van der Waals surface area contributed by atoms with Crippen LogP contribution in [-0.2, 0) is 12.8 Å². The largest absolute Gasteiger partial charge is 0.382 e. The van der Waals surface area contributed by atoms with Crippen molar-refractivity contribution in [3.05, 3.63) is 59.2 Å². The van der Waals surface area contributed by atoms with Gasteiger partial charge < -0.3 is 10.2 Å². The molecule has 2 nitrogen and oxygen atoms in total. The third kappa shape index (κ3) is 2.51. The van der Waals surface area contributed by atoms with Crippen LogP contribution in [0.1, 0.15) is 16.7 Å². The SMILES string of the molecule is Cc1ccc(NC2Cc3ccccc3C2)cc1N(C)C. The lowest BCUT2D eigenvalue weighted by Gasteiger charge is -2.19. The molecule has 2 heteroatoms. The van der Waals surface area contributed by atoms with Gasteiger partial charge in [-0.25, -0.2) is 0 Å². The van der Waals surface area contributed by atoms with Gasteiger partial charge in [0.2, 0.25) is 0 Å². The number of anilines is 2. The molecule has 1 aliphatic carbocycles. The van der Waals surface area contributed by atoms with Crippen LogP contribution >= 0.6 is 0 Å². The minimum Gasteiger partial charge on any atom is -0.382 e. The van der Waals surface area contributed by atoms with Crippen LogP contribution in [0.5, 0.6) is 0 Å². The van der Waals surface area contributed by atoms with Gasteiger partial charge in [0.25, 0.3) is 0 Å². The molecule has 104 valence electrons. The second kappa shape index (κ2) is 5.20. The number of benzene rings is 2. The molecule has 20 heavy (non-hydrogen) atoms. The maximum atomic E-state index is 3.68. The fourth-order valence-electron chi connectivity index (χ4n) is 3.08. The van der Waals surface area contributed by atoms with Crippen molar-refractivity contribution >= 4 is 11.4 Å². The predicted molar refractivity (Wildman–Crippen MR) is 86.8 cm³/mol. The summed E-state index contributed by atoms with van der Waals surface area (Å²) in [6.45, 7) is 2.16. The number of hydrogen-bond acceptors (Lipinski definition) is 2. The van der Waals surface area contributed by atoms with Crippen LogP contribution in [0.2, 0.25) is 0 Å². The lowest BCUT2D eigenvalue weighted by molar-refractivity contribution is 0.774. The highest BCUT2D eigenvalue weighted by atomic mass is 15.1. The third-order valence-electron chi connectivity index (χ3n) is 4.11. The molecule has 0 aromatic heterocycles. The Kier molecular flexibility index (Phi) is 3.39. The number of aryl methyl sites for hydroxylation is 1. The van der Waals surface area contributed by atoms with Crippen molar-refractivity contribution in [1.29, 1.82) is 0 Å². The van der Waals surface area contributed by atoms with E-state index in [1.54, 1.807) is 0 Å². The van der Waals surface area contributed by atoms with Gasteiger partial charge in [0.05, 0.1) is 0 Å². The quantitative estimate of drug-likeness (QED) is 0.912. The van der Waals surface area contributed by atoms with E-state index in [0.29, 0.717) is 6.04 Å². The van der Waals surface area contributed by atoms with Crippen LogP contribution in [0.4, 0.5) is 11.4 Å². The summed E-state index contributed by atoms with van der Waals surface area (Å²) in [4.78, 5) is 2.17. The summed E-state index contributed by atoms with van der Waals surface area (Å²) in [5.41, 5.74) is 6.80. The van der Waals surface area contributed by atoms with E-state index in [4.69, 9.17) is 0 Å². The summed E-state index contributed by atoms with van der Waals surface area (Å²) in [5, 5.41) is 3.68. The molecular weight excluding hydrogens is 244 g/mol. The van der Waals surface area contributed by atoms with Gasteiger partial charge in [-0.1, -0.05) is 30.3 Å². The molecule has 0 radical (unpaired) electrons. The van der Waals surface area contributed by atoms with Crippen molar-refractivity contribution < 1.29 is 0 Å². The van der Waals surface area contributed by atoms with E-state index < -0.39 is 0 Å². The topological polar surface area (TPSA) is 15.3 Å². The third-order valence-corrected chi connectivity index (χ3v) is 4.11. The predicted octanol–water partition coefficient (Wildman–Crippen LogP) is 3.64. The molecule has 0 unspecified atom stereocenters. The van der Waals surface area contributed by atoms with E-state index in [9.17, 15) is 0 Å². The highest BCUT2D eigenvalue weighted by Crippen LogP contribution is 2.27. The van der Waals surface area contributed by atoms with Crippen LogP contribution in [0.25, 0.3) is 0 Å². The summed E-state index contributed by atoms with van der Waals surface area (Å²) in [6.07, 6.45) is 2.25. The van der Waals surface area contributed by atoms with Crippen LogP contribution in [0.15, 0.2) is 42.5 Å². The average Bonchev–Trinajstić information content (AvgIpc) is 2.82. The standard InChI is InChI=1S/C18H22N2/c1-13-8-9-16(12-18(13)20(2)3)19-17-10-14-6-4-5-7-15(14)11-17/h4-9,12,17,19H,10-11H2,1-3H3. The van der Waals surface area contributed by atoms with E-state index in [2.05, 4.69) is 73.7 Å². The van der Waals surface area contributed by atoms with E-state index in [-0.39, 0.29) is 0 Å². The first kappa shape index (κ1) is 13.0. The van der Waals surface area contributed by atoms with Gasteiger partial charge in [-0.05, 0) is 48.6 Å². The Labute approximate surface area is 121 Å². The first-order chi connectivity index (χ1) is 9.63.